The quantitative estimate of drug-likeness (QED) is 0.870. The average molecular weight is 351 g/mol. The standard InChI is InChI=1S/C14H18BrF3N2/c1-20-7-3-2-4-11(20)9-19-13-6-5-10(8-12(13)15)14(16,17)18/h5-6,8,11,19H,2-4,7,9H2,1H3. The van der Waals surface area contributed by atoms with Gasteiger partial charge in [-0.2, -0.15) is 13.2 Å². The molecule has 112 valence electrons. The third kappa shape index (κ3) is 3.88. The molecular weight excluding hydrogens is 333 g/mol. The second-order valence-corrected chi connectivity index (χ2v) is 6.06. The average Bonchev–Trinajstić information content (AvgIpc) is 2.38. The van der Waals surface area contributed by atoms with Crippen LogP contribution in [-0.2, 0) is 6.18 Å². The SMILES string of the molecule is CN1CCCCC1CNc1ccc(C(F)(F)F)cc1Br. The van der Waals surface area contributed by atoms with Crippen LogP contribution in [0.15, 0.2) is 22.7 Å². The lowest BCUT2D eigenvalue weighted by molar-refractivity contribution is -0.137. The lowest BCUT2D eigenvalue weighted by Crippen LogP contribution is -2.40. The van der Waals surface area contributed by atoms with E-state index in [1.165, 1.54) is 18.9 Å². The van der Waals surface area contributed by atoms with Crippen LogP contribution in [0, 0.1) is 0 Å². The molecular formula is C14H18BrF3N2. The highest BCUT2D eigenvalue weighted by Gasteiger charge is 2.30. The maximum atomic E-state index is 12.6. The molecule has 0 radical (unpaired) electrons. The Balaban J connectivity index is 1.99. The molecule has 1 aliphatic rings. The number of benzene rings is 1. The Bertz CT molecular complexity index is 462. The van der Waals surface area contributed by atoms with Crippen molar-refractivity contribution in [3.05, 3.63) is 28.2 Å². The van der Waals surface area contributed by atoms with Gasteiger partial charge in [-0.3, -0.25) is 0 Å². The maximum absolute atomic E-state index is 12.6. The van der Waals surface area contributed by atoms with Gasteiger partial charge in [-0.1, -0.05) is 6.42 Å². The van der Waals surface area contributed by atoms with E-state index in [4.69, 9.17) is 0 Å². The van der Waals surface area contributed by atoms with Crippen LogP contribution < -0.4 is 5.32 Å². The Hall–Kier alpha value is -0.750. The van der Waals surface area contributed by atoms with E-state index in [1.807, 2.05) is 0 Å². The molecule has 1 N–H and O–H groups in total. The maximum Gasteiger partial charge on any atom is 0.416 e. The van der Waals surface area contributed by atoms with Crippen LogP contribution in [0.25, 0.3) is 0 Å². The Kier molecular flexibility index (Phi) is 4.96. The molecule has 2 rings (SSSR count). The van der Waals surface area contributed by atoms with Gasteiger partial charge in [-0.15, -0.1) is 0 Å². The molecule has 0 bridgehead atoms. The minimum Gasteiger partial charge on any atom is -0.383 e. The first-order chi connectivity index (χ1) is 9.38. The van der Waals surface area contributed by atoms with Crippen molar-refractivity contribution in [1.82, 2.24) is 4.90 Å². The molecule has 0 aromatic heterocycles. The van der Waals surface area contributed by atoms with Gasteiger partial charge >= 0.3 is 6.18 Å². The number of alkyl halides is 3. The molecule has 1 heterocycles. The van der Waals surface area contributed by atoms with E-state index < -0.39 is 11.7 Å². The number of rotatable bonds is 3. The first-order valence-corrected chi connectivity index (χ1v) is 7.48. The summed E-state index contributed by atoms with van der Waals surface area (Å²) >= 11 is 3.20. The third-order valence-corrected chi connectivity index (χ3v) is 4.40. The number of halogens is 4. The molecule has 0 saturated carbocycles. The predicted octanol–water partition coefficient (Wildman–Crippen LogP) is 4.36. The summed E-state index contributed by atoms with van der Waals surface area (Å²) in [5.74, 6) is 0. The number of hydrogen-bond acceptors (Lipinski definition) is 2. The molecule has 20 heavy (non-hydrogen) atoms. The topological polar surface area (TPSA) is 15.3 Å². The summed E-state index contributed by atoms with van der Waals surface area (Å²) in [4.78, 5) is 2.30. The molecule has 1 fully saturated rings. The minimum absolute atomic E-state index is 0.443. The van der Waals surface area contributed by atoms with Gasteiger partial charge in [0.05, 0.1) is 5.56 Å². The van der Waals surface area contributed by atoms with Crippen LogP contribution in [0.3, 0.4) is 0 Å². The van der Waals surface area contributed by atoms with Crippen LogP contribution in [0.5, 0.6) is 0 Å². The first kappa shape index (κ1) is 15.6. The van der Waals surface area contributed by atoms with Crippen LogP contribution >= 0.6 is 15.9 Å². The second-order valence-electron chi connectivity index (χ2n) is 5.20. The summed E-state index contributed by atoms with van der Waals surface area (Å²) in [6.45, 7) is 1.83. The van der Waals surface area contributed by atoms with Crippen molar-refractivity contribution in [2.24, 2.45) is 0 Å². The van der Waals surface area contributed by atoms with E-state index in [1.54, 1.807) is 0 Å². The van der Waals surface area contributed by atoms with Crippen molar-refractivity contribution in [3.63, 3.8) is 0 Å². The summed E-state index contributed by atoms with van der Waals surface area (Å²) in [5, 5.41) is 3.24. The first-order valence-electron chi connectivity index (χ1n) is 6.69. The Morgan fingerprint density at radius 3 is 2.70 bits per heavy atom. The molecule has 1 atom stereocenters. The zero-order chi connectivity index (χ0) is 14.8. The second kappa shape index (κ2) is 6.35. The number of likely N-dealkylation sites (N-methyl/N-ethyl adjacent to an activating group) is 1. The van der Waals surface area contributed by atoms with E-state index >= 15 is 0 Å². The van der Waals surface area contributed by atoms with E-state index in [0.717, 1.165) is 31.6 Å². The van der Waals surface area contributed by atoms with E-state index in [2.05, 4.69) is 33.2 Å². The summed E-state index contributed by atoms with van der Waals surface area (Å²) in [5.41, 5.74) is 0.0710. The van der Waals surface area contributed by atoms with Crippen LogP contribution in [0.2, 0.25) is 0 Å². The molecule has 0 aliphatic carbocycles. The summed E-state index contributed by atoms with van der Waals surface area (Å²) in [6, 6.07) is 4.15. The van der Waals surface area contributed by atoms with Crippen molar-refractivity contribution in [2.45, 2.75) is 31.5 Å². The largest absolute Gasteiger partial charge is 0.416 e. The normalized spacial score (nSPS) is 20.9. The number of hydrogen-bond donors (Lipinski definition) is 1. The van der Waals surface area contributed by atoms with Gasteiger partial charge in [0.1, 0.15) is 0 Å². The summed E-state index contributed by atoms with van der Waals surface area (Å²) in [7, 11) is 2.09. The van der Waals surface area contributed by atoms with Crippen molar-refractivity contribution in [3.8, 4) is 0 Å². The molecule has 1 saturated heterocycles. The fourth-order valence-electron chi connectivity index (χ4n) is 2.46. The van der Waals surface area contributed by atoms with Crippen LogP contribution in [-0.4, -0.2) is 31.1 Å². The highest BCUT2D eigenvalue weighted by molar-refractivity contribution is 9.10. The highest BCUT2D eigenvalue weighted by Crippen LogP contribution is 2.34. The highest BCUT2D eigenvalue weighted by atomic mass is 79.9. The van der Waals surface area contributed by atoms with Crippen LogP contribution in [0.4, 0.5) is 18.9 Å². The lowest BCUT2D eigenvalue weighted by Gasteiger charge is -2.32. The van der Waals surface area contributed by atoms with Gasteiger partial charge in [-0.05, 0) is 60.6 Å². The lowest BCUT2D eigenvalue weighted by atomic mass is 10.0. The molecule has 0 spiro atoms. The van der Waals surface area contributed by atoms with Gasteiger partial charge in [0.2, 0.25) is 0 Å². The number of nitrogens with one attached hydrogen (secondary N) is 1. The van der Waals surface area contributed by atoms with Crippen molar-refractivity contribution < 1.29 is 13.2 Å². The molecule has 1 aromatic rings. The monoisotopic (exact) mass is 350 g/mol. The third-order valence-electron chi connectivity index (χ3n) is 3.75. The summed E-state index contributed by atoms with van der Waals surface area (Å²) < 4.78 is 38.2. The Labute approximate surface area is 125 Å². The van der Waals surface area contributed by atoms with E-state index in [9.17, 15) is 13.2 Å². The summed E-state index contributed by atoms with van der Waals surface area (Å²) in [6.07, 6.45) is -0.742. The van der Waals surface area contributed by atoms with E-state index in [-0.39, 0.29) is 0 Å². The molecule has 0 amide bonds. The Morgan fingerprint density at radius 2 is 2.10 bits per heavy atom. The molecule has 1 unspecified atom stereocenters. The van der Waals surface area contributed by atoms with Gasteiger partial charge in [0, 0.05) is 22.7 Å². The molecule has 1 aliphatic heterocycles. The smallest absolute Gasteiger partial charge is 0.383 e. The minimum atomic E-state index is -4.30. The van der Waals surface area contributed by atoms with Crippen molar-refractivity contribution in [2.75, 3.05) is 25.5 Å². The van der Waals surface area contributed by atoms with Crippen molar-refractivity contribution in [1.29, 1.82) is 0 Å². The molecule has 2 nitrogen and oxygen atoms in total. The van der Waals surface area contributed by atoms with Gasteiger partial charge in [0.15, 0.2) is 0 Å². The molecule has 6 heteroatoms. The number of nitrogens with zero attached hydrogens (tertiary/aromatic N) is 1. The van der Waals surface area contributed by atoms with E-state index in [0.29, 0.717) is 16.2 Å². The van der Waals surface area contributed by atoms with Gasteiger partial charge in [-0.25, -0.2) is 0 Å². The van der Waals surface area contributed by atoms with Crippen molar-refractivity contribution >= 4 is 21.6 Å². The fraction of sp³-hybridized carbons (Fsp3) is 0.571. The molecule has 1 aromatic carbocycles. The van der Waals surface area contributed by atoms with Crippen LogP contribution in [0.1, 0.15) is 24.8 Å². The Morgan fingerprint density at radius 1 is 1.35 bits per heavy atom. The number of anilines is 1. The predicted molar refractivity (Wildman–Crippen MR) is 77.9 cm³/mol. The fourth-order valence-corrected chi connectivity index (χ4v) is 2.98. The zero-order valence-corrected chi connectivity index (χ0v) is 12.9. The number of likely N-dealkylation sites (tertiary alicyclic amines) is 1. The zero-order valence-electron chi connectivity index (χ0n) is 11.3. The number of piperidine rings is 1. The van der Waals surface area contributed by atoms with Gasteiger partial charge in [0.25, 0.3) is 0 Å². The van der Waals surface area contributed by atoms with Gasteiger partial charge < -0.3 is 10.2 Å².